The summed E-state index contributed by atoms with van der Waals surface area (Å²) in [6, 6.07) is 4.85. The molecule has 1 aromatic carbocycles. The Morgan fingerprint density at radius 2 is 1.73 bits per heavy atom. The Kier molecular flexibility index (Phi) is 4.78. The summed E-state index contributed by atoms with van der Waals surface area (Å²) in [6.07, 6.45) is -4.24. The van der Waals surface area contributed by atoms with Crippen molar-refractivity contribution in [2.24, 2.45) is 0 Å². The van der Waals surface area contributed by atoms with Crippen LogP contribution in [-0.4, -0.2) is 10.8 Å². The zero-order chi connectivity index (χ0) is 16.5. The molecule has 0 radical (unpaired) electrons. The van der Waals surface area contributed by atoms with Crippen molar-refractivity contribution in [2.75, 3.05) is 0 Å². The molecule has 1 aromatic heterocycles. The van der Waals surface area contributed by atoms with Gasteiger partial charge in [0.25, 0.3) is 0 Å². The smallest absolute Gasteiger partial charge is 0.293 e. The molecule has 0 saturated carbocycles. The van der Waals surface area contributed by atoms with E-state index in [1.54, 1.807) is 22.6 Å². The summed E-state index contributed by atoms with van der Waals surface area (Å²) in [5.41, 5.74) is -1.52. The topological polar surface area (TPSA) is 30.0 Å². The predicted octanol–water partition coefficient (Wildman–Crippen LogP) is 4.74. The number of pyridine rings is 1. The van der Waals surface area contributed by atoms with Gasteiger partial charge in [-0.15, -0.1) is 0 Å². The summed E-state index contributed by atoms with van der Waals surface area (Å²) in [5, 5.41) is 0. The fourth-order valence-electron chi connectivity index (χ4n) is 1.67. The lowest BCUT2D eigenvalue weighted by molar-refractivity contribution is -0.138. The van der Waals surface area contributed by atoms with Gasteiger partial charge < -0.3 is 0 Å². The monoisotopic (exact) mass is 427 g/mol. The van der Waals surface area contributed by atoms with E-state index in [0.29, 0.717) is 12.3 Å². The molecule has 0 saturated heterocycles. The van der Waals surface area contributed by atoms with Crippen LogP contribution < -0.4 is 0 Å². The van der Waals surface area contributed by atoms with E-state index < -0.39 is 38.8 Å². The first-order chi connectivity index (χ1) is 10.2. The average Bonchev–Trinajstić information content (AvgIpc) is 2.45. The molecular formula is C14H7F5INO. The quantitative estimate of drug-likeness (QED) is 0.307. The van der Waals surface area contributed by atoms with Gasteiger partial charge in [-0.3, -0.25) is 9.78 Å². The lowest BCUT2D eigenvalue weighted by Gasteiger charge is -2.12. The first-order valence-electron chi connectivity index (χ1n) is 5.86. The van der Waals surface area contributed by atoms with Crippen LogP contribution in [0.5, 0.6) is 0 Å². The second kappa shape index (κ2) is 6.27. The number of aromatic nitrogens is 1. The normalized spacial score (nSPS) is 13.0. The molecule has 0 aliphatic carbocycles. The molecular weight excluding hydrogens is 420 g/mol. The third-order valence-corrected chi connectivity index (χ3v) is 3.95. The number of hydrogen-bond acceptors (Lipinski definition) is 2. The molecule has 22 heavy (non-hydrogen) atoms. The fourth-order valence-corrected chi connectivity index (χ4v) is 2.49. The highest BCUT2D eigenvalue weighted by Gasteiger charge is 2.33. The minimum absolute atomic E-state index is 0.113. The Balaban J connectivity index is 2.31. The molecule has 0 N–H and O–H groups in total. The van der Waals surface area contributed by atoms with Gasteiger partial charge in [0.2, 0.25) is 0 Å². The highest BCUT2D eigenvalue weighted by molar-refractivity contribution is 14.1. The Hall–Kier alpha value is -1.58. The highest BCUT2D eigenvalue weighted by Crippen LogP contribution is 2.33. The average molecular weight is 427 g/mol. The zero-order valence-corrected chi connectivity index (χ0v) is 12.8. The first-order valence-corrected chi connectivity index (χ1v) is 7.11. The minimum Gasteiger partial charge on any atom is -0.293 e. The molecule has 2 rings (SSSR count). The van der Waals surface area contributed by atoms with Gasteiger partial charge in [0, 0.05) is 11.8 Å². The summed E-state index contributed by atoms with van der Waals surface area (Å²) < 4.78 is 62.8. The lowest BCUT2D eigenvalue weighted by atomic mass is 10.1. The number of hydrogen-bond donors (Lipinski definition) is 0. The SMILES string of the molecule is O=C(c1ccc(F)cc1)C(I)c1ncc(C(F)(F)F)cc1F. The molecule has 0 fully saturated rings. The molecule has 0 spiro atoms. The number of halogens is 6. The molecule has 0 aliphatic heterocycles. The van der Waals surface area contributed by atoms with E-state index in [0.717, 1.165) is 12.1 Å². The van der Waals surface area contributed by atoms with Crippen LogP contribution in [0.25, 0.3) is 0 Å². The summed E-state index contributed by atoms with van der Waals surface area (Å²) in [4.78, 5) is 15.5. The zero-order valence-electron chi connectivity index (χ0n) is 10.7. The number of Topliss-reactive ketones (excluding diaryl/α,β-unsaturated/α-hetero) is 1. The summed E-state index contributed by atoms with van der Waals surface area (Å²) >= 11 is 1.58. The van der Waals surface area contributed by atoms with E-state index in [2.05, 4.69) is 4.98 Å². The third-order valence-electron chi connectivity index (χ3n) is 2.80. The number of alkyl halides is 4. The van der Waals surface area contributed by atoms with Crippen molar-refractivity contribution in [3.05, 3.63) is 65.0 Å². The molecule has 2 aromatic rings. The maximum absolute atomic E-state index is 13.8. The van der Waals surface area contributed by atoms with Gasteiger partial charge in [0.05, 0.1) is 11.3 Å². The molecule has 1 heterocycles. The maximum Gasteiger partial charge on any atom is 0.417 e. The number of carbonyl (C=O) groups excluding carboxylic acids is 1. The molecule has 2 nitrogen and oxygen atoms in total. The van der Waals surface area contributed by atoms with Crippen LogP contribution in [0.2, 0.25) is 0 Å². The van der Waals surface area contributed by atoms with Crippen LogP contribution in [0, 0.1) is 11.6 Å². The summed E-state index contributed by atoms with van der Waals surface area (Å²) in [5.74, 6) is -2.34. The van der Waals surface area contributed by atoms with Crippen molar-refractivity contribution in [3.8, 4) is 0 Å². The van der Waals surface area contributed by atoms with Crippen molar-refractivity contribution in [2.45, 2.75) is 10.1 Å². The van der Waals surface area contributed by atoms with E-state index >= 15 is 0 Å². The van der Waals surface area contributed by atoms with E-state index in [1.165, 1.54) is 12.1 Å². The largest absolute Gasteiger partial charge is 0.417 e. The predicted molar refractivity (Wildman–Crippen MR) is 76.7 cm³/mol. The van der Waals surface area contributed by atoms with Gasteiger partial charge in [-0.1, -0.05) is 22.6 Å². The molecule has 8 heteroatoms. The number of ketones is 1. The lowest BCUT2D eigenvalue weighted by Crippen LogP contribution is -2.13. The standard InChI is InChI=1S/C14H7F5INO/c15-9-3-1-7(2-4-9)13(22)11(20)12-10(16)5-8(6-21-12)14(17,18)19/h1-6,11H. The summed E-state index contributed by atoms with van der Waals surface area (Å²) in [6.45, 7) is 0. The number of nitrogens with zero attached hydrogens (tertiary/aromatic N) is 1. The van der Waals surface area contributed by atoms with Crippen molar-refractivity contribution in [1.82, 2.24) is 4.98 Å². The Morgan fingerprint density at radius 1 is 1.14 bits per heavy atom. The molecule has 0 bridgehead atoms. The minimum atomic E-state index is -4.71. The van der Waals surface area contributed by atoms with Crippen molar-refractivity contribution in [1.29, 1.82) is 0 Å². The van der Waals surface area contributed by atoms with E-state index in [9.17, 15) is 26.7 Å². The van der Waals surface area contributed by atoms with Gasteiger partial charge in [-0.05, 0) is 30.3 Å². The van der Waals surface area contributed by atoms with Gasteiger partial charge in [0.1, 0.15) is 15.6 Å². The van der Waals surface area contributed by atoms with Gasteiger partial charge >= 0.3 is 6.18 Å². The van der Waals surface area contributed by atoms with E-state index in [-0.39, 0.29) is 5.56 Å². The van der Waals surface area contributed by atoms with Crippen LogP contribution in [0.15, 0.2) is 36.5 Å². The van der Waals surface area contributed by atoms with Crippen LogP contribution in [-0.2, 0) is 6.18 Å². The molecule has 1 atom stereocenters. The molecule has 1 unspecified atom stereocenters. The van der Waals surface area contributed by atoms with E-state index in [1.807, 2.05) is 0 Å². The molecule has 116 valence electrons. The third kappa shape index (κ3) is 3.60. The Labute approximate surface area is 135 Å². The number of carbonyl (C=O) groups is 1. The van der Waals surface area contributed by atoms with Crippen LogP contribution in [0.1, 0.15) is 25.5 Å². The Bertz CT molecular complexity index is 699. The van der Waals surface area contributed by atoms with Crippen molar-refractivity contribution in [3.63, 3.8) is 0 Å². The number of benzene rings is 1. The van der Waals surface area contributed by atoms with Crippen molar-refractivity contribution >= 4 is 28.4 Å². The van der Waals surface area contributed by atoms with Crippen LogP contribution in [0.4, 0.5) is 22.0 Å². The van der Waals surface area contributed by atoms with Crippen LogP contribution >= 0.6 is 22.6 Å². The first kappa shape index (κ1) is 16.8. The van der Waals surface area contributed by atoms with Gasteiger partial charge in [-0.2, -0.15) is 13.2 Å². The second-order valence-corrected chi connectivity index (χ2v) is 5.57. The fraction of sp³-hybridized carbons (Fsp3) is 0.143. The molecule has 0 amide bonds. The van der Waals surface area contributed by atoms with E-state index in [4.69, 9.17) is 0 Å². The molecule has 0 aliphatic rings. The highest BCUT2D eigenvalue weighted by atomic mass is 127. The second-order valence-electron chi connectivity index (χ2n) is 4.32. The van der Waals surface area contributed by atoms with Gasteiger partial charge in [0.15, 0.2) is 5.78 Å². The Morgan fingerprint density at radius 3 is 2.23 bits per heavy atom. The van der Waals surface area contributed by atoms with Crippen molar-refractivity contribution < 1.29 is 26.7 Å². The van der Waals surface area contributed by atoms with Crippen LogP contribution in [0.3, 0.4) is 0 Å². The van der Waals surface area contributed by atoms with Gasteiger partial charge in [-0.25, -0.2) is 8.78 Å². The number of rotatable bonds is 3. The maximum atomic E-state index is 13.8. The summed E-state index contributed by atoms with van der Waals surface area (Å²) in [7, 11) is 0.